The topological polar surface area (TPSA) is 53.4 Å². The lowest BCUT2D eigenvalue weighted by Gasteiger charge is -2.16. The van der Waals surface area contributed by atoms with Gasteiger partial charge in [-0.05, 0) is 20.3 Å². The Morgan fingerprint density at radius 3 is 2.56 bits per heavy atom. The van der Waals surface area contributed by atoms with Crippen LogP contribution in [0.3, 0.4) is 0 Å². The van der Waals surface area contributed by atoms with Crippen molar-refractivity contribution in [3.63, 3.8) is 0 Å². The van der Waals surface area contributed by atoms with Gasteiger partial charge < -0.3 is 9.47 Å². The van der Waals surface area contributed by atoms with Crippen LogP contribution in [0.2, 0.25) is 0 Å². The van der Waals surface area contributed by atoms with E-state index in [-0.39, 0.29) is 11.8 Å². The molecule has 0 radical (unpaired) electrons. The zero-order chi connectivity index (χ0) is 13.7. The van der Waals surface area contributed by atoms with Crippen LogP contribution < -0.4 is 4.74 Å². The highest BCUT2D eigenvalue weighted by molar-refractivity contribution is 6.00. The number of ketones is 1. The molecule has 0 spiro atoms. The summed E-state index contributed by atoms with van der Waals surface area (Å²) in [6.07, 6.45) is 2.73. The van der Waals surface area contributed by atoms with Gasteiger partial charge in [0.2, 0.25) is 5.78 Å². The molecular weight excluding hydrogens is 232 g/mol. The van der Waals surface area contributed by atoms with Crippen molar-refractivity contribution in [1.82, 2.24) is 9.78 Å². The molecule has 0 aliphatic carbocycles. The Hall–Kier alpha value is -1.36. The lowest BCUT2D eigenvalue weighted by Crippen LogP contribution is -2.26. The Labute approximate surface area is 108 Å². The number of Topliss-reactive ketones (excluding diaryl/α,β-unsaturated/α-hetero) is 1. The van der Waals surface area contributed by atoms with Crippen LogP contribution in [0, 0.1) is 0 Å². The summed E-state index contributed by atoms with van der Waals surface area (Å²) in [5.41, 5.74) is 0.493. The molecule has 0 saturated heterocycles. The summed E-state index contributed by atoms with van der Waals surface area (Å²) in [7, 11) is 3.10. The highest BCUT2D eigenvalue weighted by Crippen LogP contribution is 2.24. The number of aromatic nitrogens is 2. The van der Waals surface area contributed by atoms with E-state index >= 15 is 0 Å². The van der Waals surface area contributed by atoms with Gasteiger partial charge in [0, 0.05) is 13.2 Å². The van der Waals surface area contributed by atoms with Crippen LogP contribution in [0.25, 0.3) is 0 Å². The van der Waals surface area contributed by atoms with Gasteiger partial charge in [-0.3, -0.25) is 9.48 Å². The van der Waals surface area contributed by atoms with E-state index in [1.54, 1.807) is 25.1 Å². The lowest BCUT2D eigenvalue weighted by molar-refractivity contribution is 0.0563. The average molecular weight is 254 g/mol. The van der Waals surface area contributed by atoms with Gasteiger partial charge in [0.05, 0.1) is 13.3 Å². The van der Waals surface area contributed by atoms with Crippen LogP contribution in [-0.2, 0) is 4.74 Å². The smallest absolute Gasteiger partial charge is 0.213 e. The van der Waals surface area contributed by atoms with Crippen LogP contribution in [-0.4, -0.2) is 35.9 Å². The van der Waals surface area contributed by atoms with Crippen molar-refractivity contribution in [3.8, 4) is 5.75 Å². The van der Waals surface area contributed by atoms with Crippen molar-refractivity contribution in [3.05, 3.63) is 11.9 Å². The number of hydrogen-bond acceptors (Lipinski definition) is 4. The van der Waals surface area contributed by atoms with E-state index in [1.807, 2.05) is 20.8 Å². The maximum Gasteiger partial charge on any atom is 0.213 e. The molecule has 1 aromatic heterocycles. The molecule has 18 heavy (non-hydrogen) atoms. The number of carbonyl (C=O) groups is 1. The number of methoxy groups -OCH3 is 2. The monoisotopic (exact) mass is 254 g/mol. The summed E-state index contributed by atoms with van der Waals surface area (Å²) >= 11 is 0. The summed E-state index contributed by atoms with van der Waals surface area (Å²) < 4.78 is 12.2. The van der Waals surface area contributed by atoms with Gasteiger partial charge >= 0.3 is 0 Å². The Morgan fingerprint density at radius 2 is 2.11 bits per heavy atom. The maximum absolute atomic E-state index is 12.5. The zero-order valence-electron chi connectivity index (χ0n) is 11.8. The Kier molecular flexibility index (Phi) is 5.34. The van der Waals surface area contributed by atoms with E-state index in [0.29, 0.717) is 17.9 Å². The van der Waals surface area contributed by atoms with Gasteiger partial charge in [-0.1, -0.05) is 13.3 Å². The quantitative estimate of drug-likeness (QED) is 0.701. The fourth-order valence-electron chi connectivity index (χ4n) is 1.89. The van der Waals surface area contributed by atoms with Crippen LogP contribution in [0.15, 0.2) is 6.20 Å². The summed E-state index contributed by atoms with van der Waals surface area (Å²) in [6, 6.07) is 0.104. The van der Waals surface area contributed by atoms with Gasteiger partial charge in [0.15, 0.2) is 5.75 Å². The van der Waals surface area contributed by atoms with Crippen LogP contribution in [0.4, 0.5) is 0 Å². The minimum absolute atomic E-state index is 0.0672. The van der Waals surface area contributed by atoms with E-state index in [2.05, 4.69) is 5.10 Å². The zero-order valence-corrected chi connectivity index (χ0v) is 11.8. The van der Waals surface area contributed by atoms with Gasteiger partial charge in [-0.2, -0.15) is 5.10 Å². The second-order valence-corrected chi connectivity index (χ2v) is 4.48. The molecule has 102 valence electrons. The number of ether oxygens (including phenoxy) is 2. The molecule has 5 heteroatoms. The summed E-state index contributed by atoms with van der Waals surface area (Å²) in [5, 5.41) is 4.20. The molecule has 0 aromatic carbocycles. The molecule has 0 N–H and O–H groups in total. The van der Waals surface area contributed by atoms with E-state index in [9.17, 15) is 4.79 Å². The molecule has 5 nitrogen and oxygen atoms in total. The van der Waals surface area contributed by atoms with Crippen LogP contribution in [0.5, 0.6) is 5.75 Å². The molecule has 1 atom stereocenters. The SMILES string of the molecule is CCCC(OC)C(=O)c1c(OC)cnn1C(C)C. The largest absolute Gasteiger partial charge is 0.493 e. The molecule has 1 rings (SSSR count). The first-order chi connectivity index (χ1) is 8.56. The summed E-state index contributed by atoms with van der Waals surface area (Å²) in [6.45, 7) is 5.98. The second-order valence-electron chi connectivity index (χ2n) is 4.48. The van der Waals surface area contributed by atoms with E-state index < -0.39 is 6.10 Å². The van der Waals surface area contributed by atoms with Crippen molar-refractivity contribution in [1.29, 1.82) is 0 Å². The molecule has 1 unspecified atom stereocenters. The van der Waals surface area contributed by atoms with Gasteiger partial charge in [0.25, 0.3) is 0 Å². The van der Waals surface area contributed by atoms with Gasteiger partial charge in [-0.15, -0.1) is 0 Å². The maximum atomic E-state index is 12.5. The third-order valence-corrected chi connectivity index (χ3v) is 2.83. The molecule has 0 aliphatic heterocycles. The average Bonchev–Trinajstić information content (AvgIpc) is 2.78. The van der Waals surface area contributed by atoms with Crippen molar-refractivity contribution >= 4 is 5.78 Å². The standard InChI is InChI=1S/C13H22N2O3/c1-6-7-10(17-4)13(16)12-11(18-5)8-14-15(12)9(2)3/h8-10H,6-7H2,1-5H3. The molecule has 1 heterocycles. The first kappa shape index (κ1) is 14.7. The van der Waals surface area contributed by atoms with Crippen molar-refractivity contribution in [2.45, 2.75) is 45.8 Å². The third-order valence-electron chi connectivity index (χ3n) is 2.83. The van der Waals surface area contributed by atoms with Crippen molar-refractivity contribution in [2.24, 2.45) is 0 Å². The highest BCUT2D eigenvalue weighted by atomic mass is 16.5. The van der Waals surface area contributed by atoms with Crippen molar-refractivity contribution in [2.75, 3.05) is 14.2 Å². The van der Waals surface area contributed by atoms with Crippen LogP contribution in [0.1, 0.15) is 50.1 Å². The fourth-order valence-corrected chi connectivity index (χ4v) is 1.89. The fraction of sp³-hybridized carbons (Fsp3) is 0.692. The molecule has 0 saturated carbocycles. The van der Waals surface area contributed by atoms with Crippen LogP contribution >= 0.6 is 0 Å². The molecular formula is C13H22N2O3. The van der Waals surface area contributed by atoms with E-state index in [0.717, 1.165) is 6.42 Å². The minimum atomic E-state index is -0.432. The molecule has 0 bridgehead atoms. The van der Waals surface area contributed by atoms with Gasteiger partial charge in [-0.25, -0.2) is 0 Å². The predicted molar refractivity (Wildman–Crippen MR) is 69.2 cm³/mol. The number of hydrogen-bond donors (Lipinski definition) is 0. The first-order valence-corrected chi connectivity index (χ1v) is 6.25. The summed E-state index contributed by atoms with van der Waals surface area (Å²) in [5.74, 6) is 0.439. The molecule has 0 aliphatic rings. The molecule has 0 fully saturated rings. The number of rotatable bonds is 7. The first-order valence-electron chi connectivity index (χ1n) is 6.25. The Balaban J connectivity index is 3.12. The Bertz CT molecular complexity index is 399. The molecule has 1 aromatic rings. The summed E-state index contributed by atoms with van der Waals surface area (Å²) in [4.78, 5) is 12.5. The predicted octanol–water partition coefficient (Wildman–Crippen LogP) is 2.47. The van der Waals surface area contributed by atoms with E-state index in [4.69, 9.17) is 9.47 Å². The van der Waals surface area contributed by atoms with Gasteiger partial charge in [0.1, 0.15) is 11.8 Å². The Morgan fingerprint density at radius 1 is 1.44 bits per heavy atom. The normalized spacial score (nSPS) is 12.8. The number of carbonyl (C=O) groups excluding carboxylic acids is 1. The third kappa shape index (κ3) is 2.90. The highest BCUT2D eigenvalue weighted by Gasteiger charge is 2.27. The van der Waals surface area contributed by atoms with Crippen molar-refractivity contribution < 1.29 is 14.3 Å². The number of nitrogens with zero attached hydrogens (tertiary/aromatic N) is 2. The second kappa shape index (κ2) is 6.54. The minimum Gasteiger partial charge on any atom is -0.493 e. The molecule has 0 amide bonds. The van der Waals surface area contributed by atoms with E-state index in [1.165, 1.54) is 0 Å². The lowest BCUT2D eigenvalue weighted by atomic mass is 10.1.